The van der Waals surface area contributed by atoms with Gasteiger partial charge < -0.3 is 10.3 Å². The summed E-state index contributed by atoms with van der Waals surface area (Å²) in [5.74, 6) is 0. The molecular formula is C17H20ClN5. The Morgan fingerprint density at radius 3 is 3.00 bits per heavy atom. The number of aromatic nitrogens is 4. The zero-order valence-corrected chi connectivity index (χ0v) is 13.9. The van der Waals surface area contributed by atoms with Crippen molar-refractivity contribution in [2.24, 2.45) is 0 Å². The molecule has 0 aliphatic carbocycles. The summed E-state index contributed by atoms with van der Waals surface area (Å²) in [4.78, 5) is 7.73. The fourth-order valence-corrected chi connectivity index (χ4v) is 4.05. The second-order valence-corrected chi connectivity index (χ2v) is 6.69. The highest BCUT2D eigenvalue weighted by Gasteiger charge is 2.42. The van der Waals surface area contributed by atoms with Gasteiger partial charge in [-0.15, -0.1) is 12.4 Å². The van der Waals surface area contributed by atoms with Crippen molar-refractivity contribution in [3.63, 3.8) is 0 Å². The first kappa shape index (κ1) is 14.7. The Morgan fingerprint density at radius 1 is 1.26 bits per heavy atom. The summed E-state index contributed by atoms with van der Waals surface area (Å²) in [6.45, 7) is 5.36. The van der Waals surface area contributed by atoms with Crippen molar-refractivity contribution in [3.8, 4) is 11.3 Å². The number of hydrogen-bond donors (Lipinski definition) is 2. The van der Waals surface area contributed by atoms with Crippen molar-refractivity contribution in [2.75, 3.05) is 13.1 Å². The van der Waals surface area contributed by atoms with Crippen molar-refractivity contribution in [1.82, 2.24) is 25.1 Å². The van der Waals surface area contributed by atoms with Gasteiger partial charge in [0, 0.05) is 47.5 Å². The van der Waals surface area contributed by atoms with Crippen molar-refractivity contribution in [3.05, 3.63) is 35.8 Å². The number of nitrogens with zero attached hydrogens (tertiary/aromatic N) is 3. The van der Waals surface area contributed by atoms with E-state index in [1.165, 1.54) is 29.5 Å². The van der Waals surface area contributed by atoms with E-state index in [0.29, 0.717) is 5.41 Å². The first-order valence-corrected chi connectivity index (χ1v) is 7.98. The molecule has 120 valence electrons. The van der Waals surface area contributed by atoms with Gasteiger partial charge in [-0.25, -0.2) is 4.98 Å². The molecule has 5 heterocycles. The van der Waals surface area contributed by atoms with Crippen LogP contribution in [-0.2, 0) is 12.0 Å². The van der Waals surface area contributed by atoms with Gasteiger partial charge in [0.05, 0.1) is 5.69 Å². The molecule has 1 spiro atoms. The van der Waals surface area contributed by atoms with Crippen LogP contribution < -0.4 is 5.32 Å². The molecule has 0 bridgehead atoms. The molecule has 6 heteroatoms. The predicted molar refractivity (Wildman–Crippen MR) is 93.1 cm³/mol. The summed E-state index contributed by atoms with van der Waals surface area (Å²) in [7, 11) is 0. The molecule has 3 aromatic rings. The number of aromatic amines is 1. The Morgan fingerprint density at radius 2 is 2.17 bits per heavy atom. The molecule has 0 saturated carbocycles. The summed E-state index contributed by atoms with van der Waals surface area (Å²) < 4.78 is 2.20. The first-order chi connectivity index (χ1) is 10.8. The number of hydrogen-bond acceptors (Lipinski definition) is 3. The summed E-state index contributed by atoms with van der Waals surface area (Å²) in [5, 5.41) is 9.54. The average Bonchev–Trinajstić information content (AvgIpc) is 3.28. The zero-order valence-electron chi connectivity index (χ0n) is 13.1. The van der Waals surface area contributed by atoms with Gasteiger partial charge in [0.2, 0.25) is 0 Å². The molecule has 3 aromatic heterocycles. The zero-order chi connectivity index (χ0) is 14.7. The van der Waals surface area contributed by atoms with E-state index in [9.17, 15) is 0 Å². The van der Waals surface area contributed by atoms with Crippen molar-refractivity contribution < 1.29 is 0 Å². The third kappa shape index (κ3) is 2.03. The third-order valence-electron chi connectivity index (χ3n) is 5.40. The Labute approximate surface area is 140 Å². The standard InChI is InChI=1S/C17H19N5.ClH/c1-11-8-19-16-13(11)6-12(9-20-16)14-7-15-17(2-4-18-10-17)3-5-22(15)21-14;/h6-9,18H,2-5,10H2,1H3,(H,19,20);1H. The summed E-state index contributed by atoms with van der Waals surface area (Å²) in [6, 6.07) is 4.48. The average molecular weight is 330 g/mol. The van der Waals surface area contributed by atoms with Crippen LogP contribution in [0, 0.1) is 6.92 Å². The molecule has 5 nitrogen and oxygen atoms in total. The van der Waals surface area contributed by atoms with Gasteiger partial charge in [-0.2, -0.15) is 5.10 Å². The third-order valence-corrected chi connectivity index (χ3v) is 5.40. The van der Waals surface area contributed by atoms with Crippen LogP contribution in [0.4, 0.5) is 0 Å². The molecule has 2 aliphatic rings. The minimum atomic E-state index is 0. The summed E-state index contributed by atoms with van der Waals surface area (Å²) in [5.41, 5.74) is 6.05. The largest absolute Gasteiger partial charge is 0.346 e. The molecule has 2 aliphatic heterocycles. The van der Waals surface area contributed by atoms with E-state index in [4.69, 9.17) is 5.10 Å². The van der Waals surface area contributed by atoms with Crippen LogP contribution in [0.5, 0.6) is 0 Å². The highest BCUT2D eigenvalue weighted by molar-refractivity contribution is 5.85. The molecule has 1 fully saturated rings. The lowest BCUT2D eigenvalue weighted by Gasteiger charge is -2.20. The second kappa shape index (κ2) is 5.08. The number of aryl methyl sites for hydroxylation is 2. The van der Waals surface area contributed by atoms with E-state index in [1.807, 2.05) is 12.4 Å². The monoisotopic (exact) mass is 329 g/mol. The highest BCUT2D eigenvalue weighted by atomic mass is 35.5. The van der Waals surface area contributed by atoms with E-state index < -0.39 is 0 Å². The van der Waals surface area contributed by atoms with Crippen LogP contribution in [0.25, 0.3) is 22.3 Å². The predicted octanol–water partition coefficient (Wildman–Crippen LogP) is 2.79. The summed E-state index contributed by atoms with van der Waals surface area (Å²) >= 11 is 0. The van der Waals surface area contributed by atoms with E-state index >= 15 is 0 Å². The van der Waals surface area contributed by atoms with Crippen LogP contribution in [-0.4, -0.2) is 32.8 Å². The van der Waals surface area contributed by atoms with Crippen molar-refractivity contribution in [1.29, 1.82) is 0 Å². The fraction of sp³-hybridized carbons (Fsp3) is 0.412. The van der Waals surface area contributed by atoms with E-state index in [1.54, 1.807) is 0 Å². The SMILES string of the molecule is Cc1c[nH]c2ncc(-c3cc4n(n3)CCC43CCNC3)cc12.Cl. The van der Waals surface area contributed by atoms with Gasteiger partial charge in [0.25, 0.3) is 0 Å². The van der Waals surface area contributed by atoms with Crippen LogP contribution in [0.3, 0.4) is 0 Å². The van der Waals surface area contributed by atoms with Gasteiger partial charge in [0.1, 0.15) is 5.65 Å². The topological polar surface area (TPSA) is 58.5 Å². The molecule has 5 rings (SSSR count). The Hall–Kier alpha value is -1.85. The van der Waals surface area contributed by atoms with E-state index in [0.717, 1.165) is 36.5 Å². The maximum absolute atomic E-state index is 4.84. The second-order valence-electron chi connectivity index (χ2n) is 6.69. The molecule has 1 unspecified atom stereocenters. The summed E-state index contributed by atoms with van der Waals surface area (Å²) in [6.07, 6.45) is 6.38. The molecule has 23 heavy (non-hydrogen) atoms. The number of H-pyrrole nitrogens is 1. The Balaban J connectivity index is 0.00000135. The molecule has 0 radical (unpaired) electrons. The van der Waals surface area contributed by atoms with Gasteiger partial charge >= 0.3 is 0 Å². The number of halogens is 1. The Bertz CT molecular complexity index is 872. The lowest BCUT2D eigenvalue weighted by molar-refractivity contribution is 0.467. The Kier molecular flexibility index (Phi) is 3.25. The van der Waals surface area contributed by atoms with E-state index in [-0.39, 0.29) is 12.4 Å². The maximum atomic E-state index is 4.84. The fourth-order valence-electron chi connectivity index (χ4n) is 4.05. The van der Waals surface area contributed by atoms with Gasteiger partial charge in [-0.1, -0.05) is 0 Å². The van der Waals surface area contributed by atoms with Gasteiger partial charge in [-0.05, 0) is 44.0 Å². The minimum Gasteiger partial charge on any atom is -0.346 e. The minimum absolute atomic E-state index is 0. The van der Waals surface area contributed by atoms with E-state index in [2.05, 4.69) is 39.0 Å². The van der Waals surface area contributed by atoms with Crippen LogP contribution >= 0.6 is 12.4 Å². The molecule has 2 N–H and O–H groups in total. The highest BCUT2D eigenvalue weighted by Crippen LogP contribution is 2.41. The van der Waals surface area contributed by atoms with Crippen LogP contribution in [0.2, 0.25) is 0 Å². The molecule has 0 amide bonds. The quantitative estimate of drug-likeness (QED) is 0.721. The first-order valence-electron chi connectivity index (χ1n) is 7.98. The smallest absolute Gasteiger partial charge is 0.137 e. The van der Waals surface area contributed by atoms with Crippen LogP contribution in [0.15, 0.2) is 24.5 Å². The molecular weight excluding hydrogens is 310 g/mol. The molecule has 0 aromatic carbocycles. The van der Waals surface area contributed by atoms with Gasteiger partial charge in [0.15, 0.2) is 0 Å². The number of fused-ring (bicyclic) bond motifs is 3. The molecule has 1 atom stereocenters. The lowest BCUT2D eigenvalue weighted by Crippen LogP contribution is -2.25. The number of nitrogens with one attached hydrogen (secondary N) is 2. The number of rotatable bonds is 1. The van der Waals surface area contributed by atoms with Gasteiger partial charge in [-0.3, -0.25) is 4.68 Å². The van der Waals surface area contributed by atoms with Crippen LogP contribution in [0.1, 0.15) is 24.1 Å². The van der Waals surface area contributed by atoms with Crippen molar-refractivity contribution >= 4 is 23.4 Å². The maximum Gasteiger partial charge on any atom is 0.137 e. The lowest BCUT2D eigenvalue weighted by atomic mass is 9.82. The number of pyridine rings is 1. The molecule has 1 saturated heterocycles. The normalized spacial score (nSPS) is 22.7. The van der Waals surface area contributed by atoms with Crippen molar-refractivity contribution in [2.45, 2.75) is 31.7 Å².